The maximum atomic E-state index is 11.5. The minimum absolute atomic E-state index is 0.187. The van der Waals surface area contributed by atoms with Gasteiger partial charge in [-0.2, -0.15) is 4.99 Å². The highest BCUT2D eigenvalue weighted by atomic mass is 16.5. The lowest BCUT2D eigenvalue weighted by molar-refractivity contribution is -0.142. The molecule has 0 saturated carbocycles. The molecule has 0 unspecified atom stereocenters. The SMILES string of the molecule is COC(=O)[C@@H](CCCNC(=O)OCc1ccccc1)N=C=O. The fourth-order valence-corrected chi connectivity index (χ4v) is 1.69. The van der Waals surface area contributed by atoms with Crippen molar-refractivity contribution in [1.82, 2.24) is 5.32 Å². The van der Waals surface area contributed by atoms with Gasteiger partial charge in [0.2, 0.25) is 6.08 Å². The van der Waals surface area contributed by atoms with E-state index >= 15 is 0 Å². The van der Waals surface area contributed by atoms with E-state index in [1.807, 2.05) is 30.3 Å². The van der Waals surface area contributed by atoms with Crippen LogP contribution in [0.2, 0.25) is 0 Å². The zero-order valence-corrected chi connectivity index (χ0v) is 12.3. The summed E-state index contributed by atoms with van der Waals surface area (Å²) in [6.45, 7) is 0.488. The lowest BCUT2D eigenvalue weighted by Crippen LogP contribution is -2.27. The van der Waals surface area contributed by atoms with Crippen LogP contribution in [0.5, 0.6) is 0 Å². The van der Waals surface area contributed by atoms with Crippen molar-refractivity contribution >= 4 is 18.1 Å². The molecule has 1 atom stereocenters. The zero-order valence-electron chi connectivity index (χ0n) is 12.3. The highest BCUT2D eigenvalue weighted by Gasteiger charge is 2.17. The summed E-state index contributed by atoms with van der Waals surface area (Å²) in [5.74, 6) is -0.602. The van der Waals surface area contributed by atoms with Gasteiger partial charge in [0.25, 0.3) is 0 Å². The van der Waals surface area contributed by atoms with Crippen LogP contribution in [0.25, 0.3) is 0 Å². The monoisotopic (exact) mass is 306 g/mol. The van der Waals surface area contributed by atoms with Crippen LogP contribution >= 0.6 is 0 Å². The van der Waals surface area contributed by atoms with Crippen LogP contribution < -0.4 is 5.32 Å². The van der Waals surface area contributed by atoms with Crippen molar-refractivity contribution in [3.8, 4) is 0 Å². The van der Waals surface area contributed by atoms with Crippen molar-refractivity contribution in [1.29, 1.82) is 0 Å². The highest BCUT2D eigenvalue weighted by Crippen LogP contribution is 2.04. The number of benzene rings is 1. The molecule has 22 heavy (non-hydrogen) atoms. The van der Waals surface area contributed by atoms with Gasteiger partial charge >= 0.3 is 12.1 Å². The Morgan fingerprint density at radius 3 is 2.68 bits per heavy atom. The molecule has 0 aliphatic heterocycles. The van der Waals surface area contributed by atoms with Gasteiger partial charge in [-0.15, -0.1) is 0 Å². The molecule has 7 heteroatoms. The topological polar surface area (TPSA) is 94.1 Å². The van der Waals surface area contributed by atoms with Crippen molar-refractivity contribution in [3.05, 3.63) is 35.9 Å². The van der Waals surface area contributed by atoms with E-state index in [4.69, 9.17) is 4.74 Å². The fourth-order valence-electron chi connectivity index (χ4n) is 1.69. The lowest BCUT2D eigenvalue weighted by Gasteiger charge is -2.09. The Kier molecular flexibility index (Phi) is 8.00. The van der Waals surface area contributed by atoms with E-state index in [9.17, 15) is 14.4 Å². The second kappa shape index (κ2) is 10.1. The molecule has 0 aliphatic carbocycles. The predicted molar refractivity (Wildman–Crippen MR) is 77.8 cm³/mol. The number of nitrogens with zero attached hydrogens (tertiary/aromatic N) is 1. The van der Waals surface area contributed by atoms with E-state index < -0.39 is 18.1 Å². The van der Waals surface area contributed by atoms with Crippen molar-refractivity contribution < 1.29 is 23.9 Å². The summed E-state index contributed by atoms with van der Waals surface area (Å²) in [7, 11) is 1.22. The molecule has 0 fully saturated rings. The second-order valence-corrected chi connectivity index (χ2v) is 4.39. The fraction of sp³-hybridized carbons (Fsp3) is 0.400. The number of amides is 1. The third kappa shape index (κ3) is 6.67. The summed E-state index contributed by atoms with van der Waals surface area (Å²) in [6.07, 6.45) is 1.52. The summed E-state index contributed by atoms with van der Waals surface area (Å²) in [4.78, 5) is 36.3. The number of aliphatic imine (C=N–C) groups is 1. The van der Waals surface area contributed by atoms with Gasteiger partial charge in [-0.3, -0.25) is 0 Å². The Morgan fingerprint density at radius 1 is 1.32 bits per heavy atom. The molecule has 1 rings (SSSR count). The van der Waals surface area contributed by atoms with Gasteiger partial charge in [-0.1, -0.05) is 30.3 Å². The number of ether oxygens (including phenoxy) is 2. The molecule has 0 bridgehead atoms. The molecule has 1 amide bonds. The number of hydrogen-bond acceptors (Lipinski definition) is 6. The number of rotatable bonds is 8. The highest BCUT2D eigenvalue weighted by molar-refractivity contribution is 5.76. The molecule has 0 aromatic heterocycles. The molecule has 0 radical (unpaired) electrons. The largest absolute Gasteiger partial charge is 0.467 e. The first-order valence-corrected chi connectivity index (χ1v) is 6.76. The van der Waals surface area contributed by atoms with Crippen LogP contribution in [0.4, 0.5) is 4.79 Å². The first-order valence-electron chi connectivity index (χ1n) is 6.76. The third-order valence-corrected chi connectivity index (χ3v) is 2.82. The molecule has 0 spiro atoms. The zero-order chi connectivity index (χ0) is 16.2. The first-order chi connectivity index (χ1) is 10.7. The van der Waals surface area contributed by atoms with E-state index in [2.05, 4.69) is 15.0 Å². The van der Waals surface area contributed by atoms with E-state index in [1.54, 1.807) is 0 Å². The predicted octanol–water partition coefficient (Wildman–Crippen LogP) is 1.57. The average molecular weight is 306 g/mol. The first kappa shape index (κ1) is 17.4. The Bertz CT molecular complexity index is 526. The lowest BCUT2D eigenvalue weighted by atomic mass is 10.1. The Morgan fingerprint density at radius 2 is 2.05 bits per heavy atom. The molecule has 1 aromatic carbocycles. The van der Waals surface area contributed by atoms with Crippen LogP contribution in [-0.4, -0.2) is 37.8 Å². The van der Waals surface area contributed by atoms with Gasteiger partial charge in [0.15, 0.2) is 6.04 Å². The van der Waals surface area contributed by atoms with Gasteiger partial charge in [0.05, 0.1) is 7.11 Å². The van der Waals surface area contributed by atoms with Crippen molar-refractivity contribution in [2.24, 2.45) is 4.99 Å². The number of hydrogen-bond donors (Lipinski definition) is 1. The molecule has 7 nitrogen and oxygen atoms in total. The molecular weight excluding hydrogens is 288 g/mol. The third-order valence-electron chi connectivity index (χ3n) is 2.82. The van der Waals surface area contributed by atoms with Gasteiger partial charge in [0, 0.05) is 6.54 Å². The van der Waals surface area contributed by atoms with Crippen LogP contribution in [0.3, 0.4) is 0 Å². The minimum atomic E-state index is -0.885. The number of alkyl carbamates (subject to hydrolysis) is 1. The maximum Gasteiger partial charge on any atom is 0.407 e. The molecule has 0 aliphatic rings. The molecule has 0 saturated heterocycles. The van der Waals surface area contributed by atoms with Crippen LogP contribution in [0, 0.1) is 0 Å². The Hall–Kier alpha value is -2.66. The smallest absolute Gasteiger partial charge is 0.407 e. The number of carbonyl (C=O) groups is 2. The van der Waals surface area contributed by atoms with Crippen molar-refractivity contribution in [3.63, 3.8) is 0 Å². The van der Waals surface area contributed by atoms with E-state index in [0.29, 0.717) is 13.0 Å². The Labute approximate surface area is 128 Å². The minimum Gasteiger partial charge on any atom is -0.467 e. The normalized spacial score (nSPS) is 11.0. The van der Waals surface area contributed by atoms with Crippen LogP contribution in [-0.2, 0) is 25.7 Å². The summed E-state index contributed by atoms with van der Waals surface area (Å²) in [5.41, 5.74) is 0.892. The summed E-state index contributed by atoms with van der Waals surface area (Å²) in [6, 6.07) is 8.42. The Balaban J connectivity index is 2.21. The van der Waals surface area contributed by atoms with Crippen molar-refractivity contribution in [2.75, 3.05) is 13.7 Å². The average Bonchev–Trinajstić information content (AvgIpc) is 2.56. The number of carbonyl (C=O) groups excluding carboxylic acids is 3. The number of esters is 1. The molecular formula is C15H18N2O5. The quantitative estimate of drug-likeness (QED) is 0.340. The van der Waals surface area contributed by atoms with Gasteiger partial charge in [-0.25, -0.2) is 14.4 Å². The number of isocyanates is 1. The number of methoxy groups -OCH3 is 1. The number of nitrogens with one attached hydrogen (secondary N) is 1. The van der Waals surface area contributed by atoms with Gasteiger partial charge in [0.1, 0.15) is 6.61 Å². The second-order valence-electron chi connectivity index (χ2n) is 4.39. The van der Waals surface area contributed by atoms with E-state index in [-0.39, 0.29) is 13.0 Å². The summed E-state index contributed by atoms with van der Waals surface area (Å²) in [5, 5.41) is 2.55. The van der Waals surface area contributed by atoms with Crippen molar-refractivity contribution in [2.45, 2.75) is 25.5 Å². The van der Waals surface area contributed by atoms with Gasteiger partial charge in [-0.05, 0) is 18.4 Å². The molecule has 1 aromatic rings. The van der Waals surface area contributed by atoms with E-state index in [1.165, 1.54) is 13.2 Å². The van der Waals surface area contributed by atoms with E-state index in [0.717, 1.165) is 5.56 Å². The maximum absolute atomic E-state index is 11.5. The van der Waals surface area contributed by atoms with Gasteiger partial charge < -0.3 is 14.8 Å². The standard InChI is InChI=1S/C15H18N2O5/c1-21-14(19)13(17-11-18)8-5-9-16-15(20)22-10-12-6-3-2-4-7-12/h2-4,6-7,13H,5,8-10H2,1H3,(H,16,20)/t13-/m1/s1. The molecule has 0 heterocycles. The molecule has 1 N–H and O–H groups in total. The van der Waals surface area contributed by atoms with Crippen LogP contribution in [0.15, 0.2) is 35.3 Å². The van der Waals surface area contributed by atoms with Crippen LogP contribution in [0.1, 0.15) is 18.4 Å². The molecule has 118 valence electrons. The summed E-state index contributed by atoms with van der Waals surface area (Å²) >= 11 is 0. The summed E-state index contributed by atoms with van der Waals surface area (Å²) < 4.78 is 9.53.